The number of nitrogens with zero attached hydrogens (tertiary/aromatic N) is 3. The van der Waals surface area contributed by atoms with Gasteiger partial charge in [-0.15, -0.1) is 0 Å². The Balaban J connectivity index is 1.21. The third-order valence-electron chi connectivity index (χ3n) is 5.71. The van der Waals surface area contributed by atoms with Gasteiger partial charge in [0.25, 0.3) is 0 Å². The Labute approximate surface area is 176 Å². The van der Waals surface area contributed by atoms with Gasteiger partial charge in [0.1, 0.15) is 0 Å². The Hall–Kier alpha value is -2.81. The van der Waals surface area contributed by atoms with E-state index in [2.05, 4.69) is 20.9 Å². The standard InChI is InChI=1S/C23H15N3O2Te/c27-21-15-3-1-2-4-16(15)22(28)17(21)10-13-5-6-14(9-13)26-11-18-19(12-26)29-23-20(18)24-7-8-25-23/h1-8,10H,9,11-12H2. The number of allylic oxidation sites excluding steroid dienone is 5. The van der Waals surface area contributed by atoms with E-state index in [9.17, 15) is 9.59 Å². The predicted octanol–water partition coefficient (Wildman–Crippen LogP) is 3.22. The van der Waals surface area contributed by atoms with E-state index in [1.54, 1.807) is 42.7 Å². The zero-order valence-corrected chi connectivity index (χ0v) is 17.7. The van der Waals surface area contributed by atoms with Crippen molar-refractivity contribution in [2.75, 3.05) is 0 Å². The van der Waals surface area contributed by atoms with Crippen LogP contribution < -0.4 is 0 Å². The van der Waals surface area contributed by atoms with Crippen LogP contribution in [0.4, 0.5) is 0 Å². The van der Waals surface area contributed by atoms with Crippen LogP contribution in [0.1, 0.15) is 36.3 Å². The molecular weight excluding hydrogens is 478 g/mol. The Kier molecular flexibility index (Phi) is 3.74. The molecule has 0 saturated carbocycles. The molecule has 2 aromatic heterocycles. The summed E-state index contributed by atoms with van der Waals surface area (Å²) < 4.78 is 2.74. The van der Waals surface area contributed by atoms with Gasteiger partial charge in [-0.2, -0.15) is 0 Å². The van der Waals surface area contributed by atoms with E-state index < -0.39 is 20.4 Å². The van der Waals surface area contributed by atoms with Crippen LogP contribution in [0.2, 0.25) is 0 Å². The zero-order chi connectivity index (χ0) is 19.5. The number of Topliss-reactive ketones (excluding diaryl/α,β-unsaturated/α-hetero) is 2. The van der Waals surface area contributed by atoms with Crippen molar-refractivity contribution in [2.24, 2.45) is 0 Å². The quantitative estimate of drug-likeness (QED) is 0.312. The second kappa shape index (κ2) is 6.35. The SMILES string of the molecule is O=C1C(=CC2=CC=C(N3Cc4[te]c5nccnc5c4C3)C2)C(=O)c2ccccc21. The van der Waals surface area contributed by atoms with Gasteiger partial charge in [0, 0.05) is 0 Å². The van der Waals surface area contributed by atoms with Crippen molar-refractivity contribution < 1.29 is 9.59 Å². The normalized spacial score (nSPS) is 17.7. The van der Waals surface area contributed by atoms with Crippen LogP contribution in [0.15, 0.2) is 71.7 Å². The number of carbonyl (C=O) groups excluding carboxylic acids is 2. The van der Waals surface area contributed by atoms with Gasteiger partial charge in [-0.1, -0.05) is 0 Å². The molecule has 6 heteroatoms. The van der Waals surface area contributed by atoms with E-state index in [0.29, 0.717) is 11.1 Å². The topological polar surface area (TPSA) is 63.2 Å². The molecule has 3 aliphatic rings. The molecule has 5 nitrogen and oxygen atoms in total. The fourth-order valence-corrected chi connectivity index (χ4v) is 7.48. The monoisotopic (exact) mass is 495 g/mol. The summed E-state index contributed by atoms with van der Waals surface area (Å²) in [5.74, 6) is -0.329. The number of benzene rings is 1. The van der Waals surface area contributed by atoms with Gasteiger partial charge in [0.05, 0.1) is 0 Å². The van der Waals surface area contributed by atoms with Gasteiger partial charge in [-0.05, 0) is 0 Å². The molecule has 0 bridgehead atoms. The molecule has 0 amide bonds. The Morgan fingerprint density at radius 3 is 2.52 bits per heavy atom. The van der Waals surface area contributed by atoms with Crippen molar-refractivity contribution in [3.63, 3.8) is 0 Å². The summed E-state index contributed by atoms with van der Waals surface area (Å²) in [4.78, 5) is 36.7. The molecule has 0 saturated heterocycles. The van der Waals surface area contributed by atoms with Crippen molar-refractivity contribution in [1.29, 1.82) is 0 Å². The number of rotatable bonds is 2. The van der Waals surface area contributed by atoms with Gasteiger partial charge in [0.15, 0.2) is 0 Å². The van der Waals surface area contributed by atoms with Crippen molar-refractivity contribution in [1.82, 2.24) is 14.9 Å². The third-order valence-corrected chi connectivity index (χ3v) is 8.89. The number of aromatic nitrogens is 2. The fourth-order valence-electron chi connectivity index (χ4n) is 4.27. The molecule has 0 fully saturated rings. The molecule has 140 valence electrons. The molecule has 3 heterocycles. The number of fused-ring (bicyclic) bond motifs is 4. The summed E-state index contributed by atoms with van der Waals surface area (Å²) >= 11 is -0.406. The van der Waals surface area contributed by atoms with Gasteiger partial charge in [0.2, 0.25) is 0 Å². The Morgan fingerprint density at radius 2 is 1.72 bits per heavy atom. The summed E-state index contributed by atoms with van der Waals surface area (Å²) in [6.07, 6.45) is 10.2. The third kappa shape index (κ3) is 2.60. The maximum absolute atomic E-state index is 12.6. The molecule has 0 atom stereocenters. The number of carbonyl (C=O) groups is 2. The van der Waals surface area contributed by atoms with Crippen molar-refractivity contribution in [3.8, 4) is 0 Å². The van der Waals surface area contributed by atoms with E-state index in [0.717, 1.165) is 30.6 Å². The zero-order valence-electron chi connectivity index (χ0n) is 15.4. The average molecular weight is 493 g/mol. The molecule has 1 aromatic carbocycles. The summed E-state index contributed by atoms with van der Waals surface area (Å²) in [6, 6.07) is 7.05. The second-order valence-corrected chi connectivity index (χ2v) is 10.5. The molecular formula is C23H15N3O2Te. The van der Waals surface area contributed by atoms with Crippen LogP contribution in [-0.4, -0.2) is 46.9 Å². The molecule has 3 aromatic rings. The van der Waals surface area contributed by atoms with Crippen LogP contribution in [-0.2, 0) is 13.1 Å². The molecule has 0 unspecified atom stereocenters. The van der Waals surface area contributed by atoms with Crippen LogP contribution in [0.5, 0.6) is 0 Å². The number of hydrogen-bond donors (Lipinski definition) is 0. The van der Waals surface area contributed by atoms with Crippen molar-refractivity contribution in [3.05, 3.63) is 92.0 Å². The van der Waals surface area contributed by atoms with Crippen LogP contribution in [0.25, 0.3) is 9.05 Å². The second-order valence-electron chi connectivity index (χ2n) is 7.41. The van der Waals surface area contributed by atoms with Crippen LogP contribution >= 0.6 is 0 Å². The predicted molar refractivity (Wildman–Crippen MR) is 110 cm³/mol. The molecule has 0 spiro atoms. The minimum atomic E-state index is -0.406. The first-order valence-corrected chi connectivity index (χ1v) is 11.8. The van der Waals surface area contributed by atoms with Gasteiger partial charge >= 0.3 is 177 Å². The van der Waals surface area contributed by atoms with Crippen LogP contribution in [0.3, 0.4) is 0 Å². The Morgan fingerprint density at radius 1 is 0.966 bits per heavy atom. The molecule has 2 aliphatic carbocycles. The Bertz CT molecular complexity index is 1290. The van der Waals surface area contributed by atoms with E-state index in [1.165, 1.54) is 18.4 Å². The summed E-state index contributed by atoms with van der Waals surface area (Å²) in [6.45, 7) is 1.82. The average Bonchev–Trinajstić information content (AvgIpc) is 3.48. The van der Waals surface area contributed by atoms with Gasteiger partial charge in [-0.3, -0.25) is 0 Å². The molecule has 29 heavy (non-hydrogen) atoms. The summed E-state index contributed by atoms with van der Waals surface area (Å²) in [5.41, 5.74) is 6.01. The minimum absolute atomic E-state index is 0.164. The summed E-state index contributed by atoms with van der Waals surface area (Å²) in [5, 5.41) is 0. The summed E-state index contributed by atoms with van der Waals surface area (Å²) in [7, 11) is 0. The van der Waals surface area contributed by atoms with E-state index in [-0.39, 0.29) is 17.1 Å². The van der Waals surface area contributed by atoms with Crippen LogP contribution in [0, 0.1) is 0 Å². The van der Waals surface area contributed by atoms with E-state index >= 15 is 0 Å². The number of hydrogen-bond acceptors (Lipinski definition) is 5. The van der Waals surface area contributed by atoms with E-state index in [4.69, 9.17) is 0 Å². The first kappa shape index (κ1) is 17.1. The van der Waals surface area contributed by atoms with E-state index in [1.807, 2.05) is 6.08 Å². The molecule has 0 N–H and O–H groups in total. The van der Waals surface area contributed by atoms with Crippen molar-refractivity contribution in [2.45, 2.75) is 19.5 Å². The molecule has 1 aliphatic heterocycles. The first-order chi connectivity index (χ1) is 14.2. The van der Waals surface area contributed by atoms with Crippen molar-refractivity contribution >= 4 is 41.0 Å². The van der Waals surface area contributed by atoms with Gasteiger partial charge in [-0.25, -0.2) is 0 Å². The molecule has 0 radical (unpaired) electrons. The maximum atomic E-state index is 12.6. The fraction of sp³-hybridized carbons (Fsp3) is 0.130. The van der Waals surface area contributed by atoms with Gasteiger partial charge < -0.3 is 0 Å². The number of ketones is 2. The first-order valence-electron chi connectivity index (χ1n) is 9.45. The molecule has 6 rings (SSSR count).